The fraction of sp³-hybridized carbons (Fsp3) is 0.600. The topological polar surface area (TPSA) is 66.6 Å². The van der Waals surface area contributed by atoms with Crippen molar-refractivity contribution in [2.24, 2.45) is 0 Å². The van der Waals surface area contributed by atoms with Gasteiger partial charge >= 0.3 is 0 Å². The normalized spacial score (nSPS) is 18.0. The molecule has 0 spiro atoms. The zero-order valence-corrected chi connectivity index (χ0v) is 13.9. The summed E-state index contributed by atoms with van der Waals surface area (Å²) in [6, 6.07) is 3.55. The number of piperazine rings is 1. The average molecular weight is 311 g/mol. The van der Waals surface area contributed by atoms with Crippen LogP contribution in [0.15, 0.2) is 17.0 Å². The molecule has 0 aliphatic carbocycles. The molecular formula is C15H25N3O2S. The number of hydrogen-bond acceptors (Lipinski definition) is 4. The van der Waals surface area contributed by atoms with Crippen molar-refractivity contribution in [2.45, 2.75) is 32.1 Å². The van der Waals surface area contributed by atoms with Crippen LogP contribution in [-0.2, 0) is 10.0 Å². The Kier molecular flexibility index (Phi) is 4.91. The second kappa shape index (κ2) is 6.34. The van der Waals surface area contributed by atoms with E-state index in [9.17, 15) is 8.42 Å². The molecule has 0 radical (unpaired) electrons. The molecular weight excluding hydrogens is 286 g/mol. The van der Waals surface area contributed by atoms with Crippen molar-refractivity contribution in [3.8, 4) is 0 Å². The Balaban J connectivity index is 2.26. The number of nitrogens with two attached hydrogens (primary N) is 1. The Labute approximate surface area is 127 Å². The van der Waals surface area contributed by atoms with Crippen LogP contribution in [0.1, 0.15) is 24.5 Å². The van der Waals surface area contributed by atoms with Gasteiger partial charge in [0.15, 0.2) is 0 Å². The van der Waals surface area contributed by atoms with Gasteiger partial charge in [0, 0.05) is 26.2 Å². The van der Waals surface area contributed by atoms with Gasteiger partial charge in [-0.15, -0.1) is 0 Å². The first-order chi connectivity index (χ1) is 9.87. The van der Waals surface area contributed by atoms with E-state index in [2.05, 4.69) is 11.8 Å². The predicted molar refractivity (Wildman–Crippen MR) is 85.8 cm³/mol. The zero-order valence-electron chi connectivity index (χ0n) is 13.1. The number of aryl methyl sites for hydroxylation is 1. The van der Waals surface area contributed by atoms with Crippen molar-refractivity contribution in [1.29, 1.82) is 0 Å². The van der Waals surface area contributed by atoms with Crippen molar-refractivity contribution in [2.75, 3.05) is 38.5 Å². The summed E-state index contributed by atoms with van der Waals surface area (Å²) in [5.74, 6) is 0. The highest BCUT2D eigenvalue weighted by Gasteiger charge is 2.31. The van der Waals surface area contributed by atoms with Crippen molar-refractivity contribution < 1.29 is 8.42 Å². The molecule has 5 nitrogen and oxygen atoms in total. The summed E-state index contributed by atoms with van der Waals surface area (Å²) in [4.78, 5) is 2.59. The summed E-state index contributed by atoms with van der Waals surface area (Å²) < 4.78 is 27.3. The number of sulfonamides is 1. The molecule has 0 saturated carbocycles. The summed E-state index contributed by atoms with van der Waals surface area (Å²) in [7, 11) is -3.50. The van der Waals surface area contributed by atoms with Gasteiger partial charge in [-0.3, -0.25) is 0 Å². The van der Waals surface area contributed by atoms with E-state index < -0.39 is 10.0 Å². The van der Waals surface area contributed by atoms with Gasteiger partial charge in [0.1, 0.15) is 4.90 Å². The molecule has 0 bridgehead atoms. The molecule has 1 aliphatic rings. The van der Waals surface area contributed by atoms with Crippen LogP contribution in [0.2, 0.25) is 0 Å². The smallest absolute Gasteiger partial charge is 0.245 e. The summed E-state index contributed by atoms with van der Waals surface area (Å²) in [5.41, 5.74) is 7.99. The molecule has 1 aromatic rings. The Morgan fingerprint density at radius 2 is 1.76 bits per heavy atom. The molecule has 2 rings (SSSR count). The van der Waals surface area contributed by atoms with Crippen LogP contribution < -0.4 is 5.73 Å². The van der Waals surface area contributed by atoms with Crippen LogP contribution in [0, 0.1) is 13.8 Å². The highest BCUT2D eigenvalue weighted by atomic mass is 32.2. The van der Waals surface area contributed by atoms with Crippen molar-refractivity contribution in [1.82, 2.24) is 9.21 Å². The summed E-state index contributed by atoms with van der Waals surface area (Å²) in [6.07, 6.45) is 1.09. The van der Waals surface area contributed by atoms with E-state index in [0.717, 1.165) is 37.2 Å². The maximum Gasteiger partial charge on any atom is 0.245 e. The van der Waals surface area contributed by atoms with E-state index >= 15 is 0 Å². The quantitative estimate of drug-likeness (QED) is 0.858. The van der Waals surface area contributed by atoms with Crippen LogP contribution in [-0.4, -0.2) is 50.3 Å². The van der Waals surface area contributed by atoms with Crippen molar-refractivity contribution in [3.05, 3.63) is 23.3 Å². The van der Waals surface area contributed by atoms with Crippen molar-refractivity contribution >= 4 is 15.7 Å². The first-order valence-electron chi connectivity index (χ1n) is 7.46. The number of benzene rings is 1. The van der Waals surface area contributed by atoms with Gasteiger partial charge in [-0.25, -0.2) is 8.42 Å². The first-order valence-corrected chi connectivity index (χ1v) is 8.90. The number of nitrogen functional groups attached to an aromatic ring is 1. The molecule has 1 fully saturated rings. The molecule has 0 unspecified atom stereocenters. The Bertz CT molecular complexity index is 606. The van der Waals surface area contributed by atoms with E-state index in [1.165, 1.54) is 0 Å². The molecule has 1 aromatic carbocycles. The Hall–Kier alpha value is -1.11. The molecule has 0 aromatic heterocycles. The number of nitrogens with zero attached hydrogens (tertiary/aromatic N) is 2. The molecule has 0 atom stereocenters. The number of hydrogen-bond donors (Lipinski definition) is 1. The second-order valence-electron chi connectivity index (χ2n) is 5.67. The van der Waals surface area contributed by atoms with Gasteiger partial charge < -0.3 is 10.6 Å². The Morgan fingerprint density at radius 3 is 2.33 bits per heavy atom. The van der Waals surface area contributed by atoms with Gasteiger partial charge in [-0.2, -0.15) is 4.31 Å². The molecule has 6 heteroatoms. The predicted octanol–water partition coefficient (Wildman–Crippen LogP) is 1.60. The third-order valence-electron chi connectivity index (χ3n) is 4.18. The minimum Gasteiger partial charge on any atom is -0.398 e. The molecule has 2 N–H and O–H groups in total. The van der Waals surface area contributed by atoms with Crippen LogP contribution in [0.3, 0.4) is 0 Å². The first kappa shape index (κ1) is 16.3. The molecule has 1 aliphatic heterocycles. The van der Waals surface area contributed by atoms with Gasteiger partial charge in [0.2, 0.25) is 10.0 Å². The van der Waals surface area contributed by atoms with Crippen molar-refractivity contribution in [3.63, 3.8) is 0 Å². The Morgan fingerprint density at radius 1 is 1.14 bits per heavy atom. The lowest BCUT2D eigenvalue weighted by atomic mass is 10.1. The summed E-state index contributed by atoms with van der Waals surface area (Å²) in [6.45, 7) is 9.55. The maximum atomic E-state index is 12.9. The van der Waals surface area contributed by atoms with Gasteiger partial charge in [0.05, 0.1) is 5.69 Å². The van der Waals surface area contributed by atoms with Crippen LogP contribution >= 0.6 is 0 Å². The minimum absolute atomic E-state index is 0.284. The fourth-order valence-corrected chi connectivity index (χ4v) is 4.61. The van der Waals surface area contributed by atoms with E-state index in [1.807, 2.05) is 19.9 Å². The number of rotatable bonds is 4. The van der Waals surface area contributed by atoms with Gasteiger partial charge in [-0.1, -0.05) is 13.0 Å². The van der Waals surface area contributed by atoms with Gasteiger partial charge in [-0.05, 0) is 44.0 Å². The molecule has 0 amide bonds. The fourth-order valence-electron chi connectivity index (χ4n) is 2.79. The highest BCUT2D eigenvalue weighted by molar-refractivity contribution is 7.89. The third-order valence-corrected chi connectivity index (χ3v) is 6.28. The van der Waals surface area contributed by atoms with E-state index in [0.29, 0.717) is 18.8 Å². The lowest BCUT2D eigenvalue weighted by Gasteiger charge is -2.34. The van der Waals surface area contributed by atoms with Crippen LogP contribution in [0.25, 0.3) is 0 Å². The monoisotopic (exact) mass is 311 g/mol. The molecule has 1 heterocycles. The largest absolute Gasteiger partial charge is 0.398 e. The minimum atomic E-state index is -3.50. The maximum absolute atomic E-state index is 12.9. The summed E-state index contributed by atoms with van der Waals surface area (Å²) >= 11 is 0. The van der Waals surface area contributed by atoms with Crippen LogP contribution in [0.5, 0.6) is 0 Å². The third kappa shape index (κ3) is 3.22. The standard InChI is InChI=1S/C15H25N3O2S/c1-4-7-17-8-10-18(11-9-17)21(19,20)15-13(3)12(2)5-6-14(15)16/h5-6H,4,7-11,16H2,1-3H3. The van der Waals surface area contributed by atoms with E-state index in [-0.39, 0.29) is 4.90 Å². The second-order valence-corrected chi connectivity index (χ2v) is 7.55. The van der Waals surface area contributed by atoms with Crippen LogP contribution in [0.4, 0.5) is 5.69 Å². The molecule has 21 heavy (non-hydrogen) atoms. The zero-order chi connectivity index (χ0) is 15.6. The average Bonchev–Trinajstić information content (AvgIpc) is 2.44. The van der Waals surface area contributed by atoms with E-state index in [1.54, 1.807) is 10.4 Å². The SMILES string of the molecule is CCCN1CCN(S(=O)(=O)c2c(N)ccc(C)c2C)CC1. The molecule has 1 saturated heterocycles. The lowest BCUT2D eigenvalue weighted by Crippen LogP contribution is -2.48. The number of anilines is 1. The van der Waals surface area contributed by atoms with Gasteiger partial charge in [0.25, 0.3) is 0 Å². The molecule has 118 valence electrons. The lowest BCUT2D eigenvalue weighted by molar-refractivity contribution is 0.188. The van der Waals surface area contributed by atoms with E-state index in [4.69, 9.17) is 5.73 Å². The highest BCUT2D eigenvalue weighted by Crippen LogP contribution is 2.28. The summed E-state index contributed by atoms with van der Waals surface area (Å²) in [5, 5.41) is 0.